The fourth-order valence-electron chi connectivity index (χ4n) is 8.10. The van der Waals surface area contributed by atoms with Gasteiger partial charge in [0.1, 0.15) is 17.8 Å². The number of fused-ring (bicyclic) bond motifs is 5. The minimum Gasteiger partial charge on any atom is -0.392 e. The Morgan fingerprint density at radius 1 is 1.20 bits per heavy atom. The lowest BCUT2D eigenvalue weighted by Gasteiger charge is -2.67. The fourth-order valence-corrected chi connectivity index (χ4v) is 8.10. The maximum Gasteiger partial charge on any atom is 0.174 e. The number of aliphatic hydroxyl groups is 5. The van der Waals surface area contributed by atoms with Crippen LogP contribution < -0.4 is 5.73 Å². The van der Waals surface area contributed by atoms with Gasteiger partial charge in [-0.05, 0) is 38.7 Å². The summed E-state index contributed by atoms with van der Waals surface area (Å²) in [5, 5.41) is 67.4. The summed E-state index contributed by atoms with van der Waals surface area (Å²) in [6.45, 7) is 9.98. The van der Waals surface area contributed by atoms with E-state index in [0.717, 1.165) is 0 Å². The number of nitrogens with two attached hydrogens (primary N) is 1. The average molecular weight is 500 g/mol. The lowest BCUT2D eigenvalue weighted by molar-refractivity contribution is -0.339. The Hall–Kier alpha value is -0.950. The zero-order valence-electron chi connectivity index (χ0n) is 21.3. The molecular weight excluding hydrogens is 458 g/mol. The van der Waals surface area contributed by atoms with Gasteiger partial charge in [0.2, 0.25) is 0 Å². The Morgan fingerprint density at radius 3 is 2.29 bits per heavy atom. The van der Waals surface area contributed by atoms with Crippen LogP contribution in [0.5, 0.6) is 0 Å². The van der Waals surface area contributed by atoms with Crippen molar-refractivity contribution in [3.8, 4) is 0 Å². The molecule has 12 atom stereocenters. The Balaban J connectivity index is 1.97. The summed E-state index contributed by atoms with van der Waals surface area (Å²) < 4.78 is 5.55. The molecule has 3 fully saturated rings. The van der Waals surface area contributed by atoms with Gasteiger partial charge in [0.15, 0.2) is 5.78 Å². The largest absolute Gasteiger partial charge is 0.392 e. The summed E-state index contributed by atoms with van der Waals surface area (Å²) in [7, 11) is 0. The maximum atomic E-state index is 14.0. The highest BCUT2D eigenvalue weighted by Gasteiger charge is 2.74. The van der Waals surface area contributed by atoms with Crippen molar-refractivity contribution in [2.75, 3.05) is 6.61 Å². The van der Waals surface area contributed by atoms with Gasteiger partial charge in [-0.1, -0.05) is 26.3 Å². The van der Waals surface area contributed by atoms with Crippen molar-refractivity contribution in [1.29, 1.82) is 0 Å². The molecule has 4 rings (SSSR count). The van der Waals surface area contributed by atoms with Gasteiger partial charge in [-0.2, -0.15) is 0 Å². The van der Waals surface area contributed by atoms with Crippen LogP contribution >= 0.6 is 0 Å². The molecular formula is C25H41NO9. The summed E-state index contributed by atoms with van der Waals surface area (Å²) in [6.07, 6.45) is -6.07. The number of Topliss-reactive ketones (excluding diaryl/α,β-unsaturated/α-hetero) is 1. The molecule has 0 amide bonds. The number of carbonyl (C=O) groups excluding carboxylic acids is 1. The summed E-state index contributed by atoms with van der Waals surface area (Å²) in [4.78, 5) is 18.7. The first kappa shape index (κ1) is 27.1. The zero-order valence-corrected chi connectivity index (χ0v) is 21.3. The van der Waals surface area contributed by atoms with Crippen molar-refractivity contribution in [3.63, 3.8) is 0 Å². The molecule has 8 N–H and O–H groups in total. The second kappa shape index (κ2) is 8.28. The highest BCUT2D eigenvalue weighted by atomic mass is 17.1. The van der Waals surface area contributed by atoms with Crippen molar-refractivity contribution in [1.82, 2.24) is 0 Å². The van der Waals surface area contributed by atoms with Crippen molar-refractivity contribution in [2.45, 2.75) is 102 Å². The predicted molar refractivity (Wildman–Crippen MR) is 124 cm³/mol. The van der Waals surface area contributed by atoms with Crippen LogP contribution in [0.1, 0.15) is 54.4 Å². The van der Waals surface area contributed by atoms with Crippen molar-refractivity contribution >= 4 is 5.78 Å². The monoisotopic (exact) mass is 499 g/mol. The van der Waals surface area contributed by atoms with Crippen LogP contribution in [0.4, 0.5) is 0 Å². The molecule has 3 aliphatic carbocycles. The number of ketones is 1. The van der Waals surface area contributed by atoms with Crippen LogP contribution in [0.15, 0.2) is 11.1 Å². The maximum absolute atomic E-state index is 14.0. The molecule has 200 valence electrons. The van der Waals surface area contributed by atoms with E-state index in [1.807, 2.05) is 0 Å². The minimum absolute atomic E-state index is 0.00328. The average Bonchev–Trinajstić information content (AvgIpc) is 2.77. The molecule has 0 spiro atoms. The number of carbonyl (C=O) groups is 1. The van der Waals surface area contributed by atoms with Gasteiger partial charge < -0.3 is 36.0 Å². The van der Waals surface area contributed by atoms with Crippen LogP contribution in [0, 0.1) is 28.6 Å². The molecule has 0 radical (unpaired) electrons. The van der Waals surface area contributed by atoms with Gasteiger partial charge in [0, 0.05) is 29.7 Å². The fraction of sp³-hybridized carbons (Fsp3) is 0.880. The smallest absolute Gasteiger partial charge is 0.174 e. The third kappa shape index (κ3) is 3.25. The van der Waals surface area contributed by atoms with Crippen LogP contribution in [0.2, 0.25) is 0 Å². The van der Waals surface area contributed by atoms with Crippen molar-refractivity contribution < 1.29 is 45.2 Å². The van der Waals surface area contributed by atoms with E-state index >= 15 is 0 Å². The highest BCUT2D eigenvalue weighted by Crippen LogP contribution is 2.65. The molecule has 1 heterocycles. The molecule has 10 heteroatoms. The van der Waals surface area contributed by atoms with E-state index in [0.29, 0.717) is 5.57 Å². The first-order valence-electron chi connectivity index (χ1n) is 12.4. The number of rotatable bonds is 4. The van der Waals surface area contributed by atoms with Gasteiger partial charge in [0.25, 0.3) is 0 Å². The molecule has 2 saturated carbocycles. The Kier molecular flexibility index (Phi) is 6.41. The van der Waals surface area contributed by atoms with E-state index in [2.05, 4.69) is 0 Å². The van der Waals surface area contributed by atoms with E-state index in [1.165, 1.54) is 0 Å². The topological polar surface area (TPSA) is 183 Å². The third-order valence-corrected chi connectivity index (χ3v) is 10.4. The molecule has 1 aliphatic heterocycles. The molecule has 35 heavy (non-hydrogen) atoms. The summed E-state index contributed by atoms with van der Waals surface area (Å²) in [6, 6.07) is -0.770. The summed E-state index contributed by atoms with van der Waals surface area (Å²) in [5.74, 6) is -3.13. The number of aliphatic hydroxyl groups excluding tert-OH is 3. The lowest BCUT2D eigenvalue weighted by Crippen LogP contribution is -2.78. The van der Waals surface area contributed by atoms with Crippen LogP contribution in [-0.2, 0) is 14.4 Å². The first-order chi connectivity index (χ1) is 16.0. The Morgan fingerprint density at radius 2 is 1.80 bits per heavy atom. The summed E-state index contributed by atoms with van der Waals surface area (Å²) in [5.41, 5.74) is 0.846. The second-order valence-corrected chi connectivity index (χ2v) is 12.2. The van der Waals surface area contributed by atoms with Crippen LogP contribution in [0.25, 0.3) is 0 Å². The highest BCUT2D eigenvalue weighted by molar-refractivity contribution is 5.93. The van der Waals surface area contributed by atoms with Crippen molar-refractivity contribution in [2.24, 2.45) is 34.3 Å². The van der Waals surface area contributed by atoms with Crippen LogP contribution in [0.3, 0.4) is 0 Å². The lowest BCUT2D eigenvalue weighted by atomic mass is 9.42. The molecule has 11 unspecified atom stereocenters. The number of hydrogen-bond acceptors (Lipinski definition) is 10. The molecule has 10 nitrogen and oxygen atoms in total. The van der Waals surface area contributed by atoms with Gasteiger partial charge in [-0.3, -0.25) is 10.1 Å². The molecule has 1 saturated heterocycles. The molecule has 0 aromatic carbocycles. The number of ether oxygens (including phenoxy) is 1. The molecule has 0 aromatic heterocycles. The zero-order chi connectivity index (χ0) is 26.5. The normalized spacial score (nSPS) is 49.7. The quantitative estimate of drug-likeness (QED) is 0.155. The first-order valence-corrected chi connectivity index (χ1v) is 12.4. The SMILES string of the molecule is CC1=C2C(O)C(=O)[C@]3(C)C(O)CC4OCC4(O)C3C(C)C(O)(CC1C(OO)C(O)C(C)N)C2(C)C. The van der Waals surface area contributed by atoms with Crippen molar-refractivity contribution in [3.05, 3.63) is 11.1 Å². The second-order valence-electron chi connectivity index (χ2n) is 12.2. The van der Waals surface area contributed by atoms with Gasteiger partial charge in [-0.15, -0.1) is 0 Å². The summed E-state index contributed by atoms with van der Waals surface area (Å²) >= 11 is 0. The van der Waals surface area contributed by atoms with E-state index in [9.17, 15) is 35.6 Å². The van der Waals surface area contributed by atoms with E-state index < -0.39 is 82.1 Å². The Bertz CT molecular complexity index is 921. The molecule has 2 bridgehead atoms. The molecule has 0 aromatic rings. The van der Waals surface area contributed by atoms with Crippen LogP contribution in [-0.4, -0.2) is 90.9 Å². The molecule has 4 aliphatic rings. The predicted octanol–water partition coefficient (Wildman–Crippen LogP) is -0.257. The minimum atomic E-state index is -1.69. The van der Waals surface area contributed by atoms with E-state index in [4.69, 9.17) is 15.4 Å². The third-order valence-electron chi connectivity index (χ3n) is 10.4. The van der Waals surface area contributed by atoms with Gasteiger partial charge in [0.05, 0.1) is 35.9 Å². The standard InChI is InChI=1S/C25H41NO9/c1-10-13(19(35-33)17(28)12(3)26)8-25(32)11(2)20-23(6,14(27)7-15-24(20,31)9-34-15)21(30)18(29)16(10)22(25,4)5/h11-15,17-20,27-29,31-33H,7-9,26H2,1-6H3/t11?,12?,13?,14?,15?,17?,18?,19?,20?,23-,24?,25?/m1/s1. The Labute approximate surface area is 205 Å². The van der Waals surface area contributed by atoms with Gasteiger partial charge >= 0.3 is 0 Å². The number of hydrogen-bond donors (Lipinski definition) is 7. The van der Waals surface area contributed by atoms with E-state index in [1.54, 1.807) is 41.5 Å². The van der Waals surface area contributed by atoms with Gasteiger partial charge in [-0.25, -0.2) is 4.89 Å². The van der Waals surface area contributed by atoms with E-state index in [-0.39, 0.29) is 25.0 Å².